The van der Waals surface area contributed by atoms with E-state index in [-0.39, 0.29) is 24.3 Å². The van der Waals surface area contributed by atoms with Crippen molar-refractivity contribution in [3.8, 4) is 0 Å². The Morgan fingerprint density at radius 3 is 2.62 bits per heavy atom. The second-order valence-electron chi connectivity index (χ2n) is 6.48. The lowest BCUT2D eigenvalue weighted by molar-refractivity contribution is -0.144. The van der Waals surface area contributed by atoms with E-state index in [1.165, 1.54) is 4.90 Å². The summed E-state index contributed by atoms with van der Waals surface area (Å²) in [6.07, 6.45) is 1.28. The van der Waals surface area contributed by atoms with Crippen LogP contribution >= 0.6 is 0 Å². The summed E-state index contributed by atoms with van der Waals surface area (Å²) in [6.45, 7) is 5.70. The molecule has 21 heavy (non-hydrogen) atoms. The lowest BCUT2D eigenvalue weighted by Gasteiger charge is -2.36. The van der Waals surface area contributed by atoms with Crippen LogP contribution in [0.25, 0.3) is 0 Å². The van der Waals surface area contributed by atoms with E-state index in [1.54, 1.807) is 0 Å². The van der Waals surface area contributed by atoms with Crippen molar-refractivity contribution in [2.24, 2.45) is 5.92 Å². The van der Waals surface area contributed by atoms with Gasteiger partial charge in [0.1, 0.15) is 0 Å². The van der Waals surface area contributed by atoms with Crippen LogP contribution in [-0.4, -0.2) is 35.8 Å². The predicted molar refractivity (Wildman–Crippen MR) is 80.7 cm³/mol. The lowest BCUT2D eigenvalue weighted by atomic mass is 9.81. The van der Waals surface area contributed by atoms with Crippen molar-refractivity contribution in [3.63, 3.8) is 0 Å². The Morgan fingerprint density at radius 2 is 1.95 bits per heavy atom. The Bertz CT molecular complexity index is 557. The van der Waals surface area contributed by atoms with Crippen LogP contribution in [0.4, 0.5) is 0 Å². The molecule has 0 saturated carbocycles. The molecule has 3 unspecified atom stereocenters. The first-order valence-electron chi connectivity index (χ1n) is 7.67. The number of carbonyl (C=O) groups is 2. The van der Waals surface area contributed by atoms with Crippen molar-refractivity contribution in [1.82, 2.24) is 10.2 Å². The Hall–Kier alpha value is -1.68. The normalized spacial score (nSPS) is 33.5. The van der Waals surface area contributed by atoms with Crippen LogP contribution in [0.1, 0.15) is 32.3 Å². The highest BCUT2D eigenvalue weighted by atomic mass is 16.2. The summed E-state index contributed by atoms with van der Waals surface area (Å²) in [5.41, 5.74) is 0.220. The molecule has 0 aromatic heterocycles. The van der Waals surface area contributed by atoms with Gasteiger partial charge in [-0.15, -0.1) is 0 Å². The van der Waals surface area contributed by atoms with Gasteiger partial charge in [0.2, 0.25) is 11.8 Å². The number of likely N-dealkylation sites (tertiary alicyclic amines) is 1. The number of rotatable bonds is 2. The summed E-state index contributed by atoms with van der Waals surface area (Å²) in [6, 6.07) is 9.65. The van der Waals surface area contributed by atoms with Crippen LogP contribution in [0.15, 0.2) is 30.3 Å². The van der Waals surface area contributed by atoms with Gasteiger partial charge < -0.3 is 5.32 Å². The number of nitrogens with zero attached hydrogens (tertiary/aromatic N) is 1. The van der Waals surface area contributed by atoms with Crippen molar-refractivity contribution in [2.45, 2.75) is 38.1 Å². The average Bonchev–Trinajstić information content (AvgIpc) is 2.72. The molecule has 2 amide bonds. The molecule has 1 N–H and O–H groups in total. The summed E-state index contributed by atoms with van der Waals surface area (Å²) < 4.78 is 0. The number of nitrogens with one attached hydrogen (secondary N) is 1. The fourth-order valence-corrected chi connectivity index (χ4v) is 3.53. The molecule has 2 heterocycles. The fraction of sp³-hybridized carbons (Fsp3) is 0.529. The van der Waals surface area contributed by atoms with Crippen molar-refractivity contribution >= 4 is 11.8 Å². The van der Waals surface area contributed by atoms with E-state index in [0.717, 1.165) is 18.5 Å². The van der Waals surface area contributed by atoms with Crippen LogP contribution in [0.5, 0.6) is 0 Å². The minimum atomic E-state index is -0.713. The van der Waals surface area contributed by atoms with Gasteiger partial charge in [0.25, 0.3) is 0 Å². The smallest absolute Gasteiger partial charge is 0.240 e. The van der Waals surface area contributed by atoms with Gasteiger partial charge in [-0.2, -0.15) is 0 Å². The third-order valence-corrected chi connectivity index (χ3v) is 4.99. The Labute approximate surface area is 125 Å². The second kappa shape index (κ2) is 5.26. The largest absolute Gasteiger partial charge is 0.315 e. The lowest BCUT2D eigenvalue weighted by Crippen LogP contribution is -2.53. The van der Waals surface area contributed by atoms with Gasteiger partial charge in [0.05, 0.1) is 11.5 Å². The van der Waals surface area contributed by atoms with Gasteiger partial charge in [0, 0.05) is 13.0 Å². The monoisotopic (exact) mass is 286 g/mol. The molecule has 0 bridgehead atoms. The highest BCUT2D eigenvalue weighted by Crippen LogP contribution is 2.38. The maximum Gasteiger partial charge on any atom is 0.240 e. The average molecular weight is 286 g/mol. The number of carbonyl (C=O) groups excluding carboxylic acids is 2. The summed E-state index contributed by atoms with van der Waals surface area (Å²) in [5, 5.41) is 3.30. The summed E-state index contributed by atoms with van der Waals surface area (Å²) in [5.74, 6) is 0.281. The zero-order valence-corrected chi connectivity index (χ0v) is 12.6. The maximum atomic E-state index is 13.0. The first-order chi connectivity index (χ1) is 10.0. The minimum absolute atomic E-state index is 0.00992. The zero-order valence-electron chi connectivity index (χ0n) is 12.6. The fourth-order valence-electron chi connectivity index (χ4n) is 3.53. The quantitative estimate of drug-likeness (QED) is 0.842. The Morgan fingerprint density at radius 1 is 1.24 bits per heavy atom. The van der Waals surface area contributed by atoms with Crippen LogP contribution in [-0.2, 0) is 15.0 Å². The van der Waals surface area contributed by atoms with Crippen LogP contribution in [0.2, 0.25) is 0 Å². The third-order valence-electron chi connectivity index (χ3n) is 4.99. The second-order valence-corrected chi connectivity index (χ2v) is 6.48. The summed E-state index contributed by atoms with van der Waals surface area (Å²) >= 11 is 0. The van der Waals surface area contributed by atoms with E-state index in [1.807, 2.05) is 37.3 Å². The van der Waals surface area contributed by atoms with E-state index in [4.69, 9.17) is 0 Å². The van der Waals surface area contributed by atoms with Crippen molar-refractivity contribution in [3.05, 3.63) is 35.9 Å². The standard InChI is InChI=1S/C17H22N2O2/c1-12-8-9-18-11-14(12)19-15(20)10-17(2,16(19)21)13-6-4-3-5-7-13/h3-7,12,14,18H,8-11H2,1-2H3. The molecule has 112 valence electrons. The zero-order chi connectivity index (χ0) is 15.0. The molecule has 4 nitrogen and oxygen atoms in total. The molecular weight excluding hydrogens is 264 g/mol. The van der Waals surface area contributed by atoms with Crippen LogP contribution < -0.4 is 5.32 Å². The van der Waals surface area contributed by atoms with Crippen molar-refractivity contribution in [1.29, 1.82) is 0 Å². The Balaban J connectivity index is 1.92. The molecule has 0 spiro atoms. The number of amides is 2. The van der Waals surface area contributed by atoms with Gasteiger partial charge in [-0.05, 0) is 31.4 Å². The molecule has 1 aromatic carbocycles. The number of imide groups is 1. The number of hydrogen-bond donors (Lipinski definition) is 1. The molecule has 2 aliphatic heterocycles. The highest BCUT2D eigenvalue weighted by molar-refractivity contribution is 6.09. The molecule has 3 atom stereocenters. The number of piperidine rings is 1. The van der Waals surface area contributed by atoms with E-state index in [2.05, 4.69) is 12.2 Å². The molecule has 2 saturated heterocycles. The number of hydrogen-bond acceptors (Lipinski definition) is 3. The topological polar surface area (TPSA) is 49.4 Å². The molecular formula is C17H22N2O2. The minimum Gasteiger partial charge on any atom is -0.315 e. The van der Waals surface area contributed by atoms with Gasteiger partial charge in [-0.1, -0.05) is 37.3 Å². The third kappa shape index (κ3) is 2.27. The van der Waals surface area contributed by atoms with Crippen LogP contribution in [0.3, 0.4) is 0 Å². The first-order valence-corrected chi connectivity index (χ1v) is 7.67. The molecule has 3 rings (SSSR count). The predicted octanol–water partition coefficient (Wildman–Crippen LogP) is 1.70. The van der Waals surface area contributed by atoms with E-state index < -0.39 is 5.41 Å². The highest BCUT2D eigenvalue weighted by Gasteiger charge is 2.52. The SMILES string of the molecule is CC1CCNCC1N1C(=O)CC(C)(c2ccccc2)C1=O. The van der Waals surface area contributed by atoms with Gasteiger partial charge >= 0.3 is 0 Å². The summed E-state index contributed by atoms with van der Waals surface area (Å²) in [7, 11) is 0. The molecule has 2 aliphatic rings. The van der Waals surface area contributed by atoms with Gasteiger partial charge in [0.15, 0.2) is 0 Å². The summed E-state index contributed by atoms with van der Waals surface area (Å²) in [4.78, 5) is 27.0. The van der Waals surface area contributed by atoms with Crippen LogP contribution in [0, 0.1) is 5.92 Å². The van der Waals surface area contributed by atoms with Crippen molar-refractivity contribution in [2.75, 3.05) is 13.1 Å². The van der Waals surface area contributed by atoms with Gasteiger partial charge in [-0.25, -0.2) is 0 Å². The molecule has 4 heteroatoms. The van der Waals surface area contributed by atoms with E-state index >= 15 is 0 Å². The van der Waals surface area contributed by atoms with E-state index in [0.29, 0.717) is 12.5 Å². The number of benzene rings is 1. The maximum absolute atomic E-state index is 13.0. The Kier molecular flexibility index (Phi) is 3.57. The molecule has 1 aromatic rings. The molecule has 0 aliphatic carbocycles. The van der Waals surface area contributed by atoms with E-state index in [9.17, 15) is 9.59 Å². The van der Waals surface area contributed by atoms with Crippen molar-refractivity contribution < 1.29 is 9.59 Å². The molecule has 2 fully saturated rings. The first kappa shape index (κ1) is 14.3. The molecule has 0 radical (unpaired) electrons. The van der Waals surface area contributed by atoms with Gasteiger partial charge in [-0.3, -0.25) is 14.5 Å².